The summed E-state index contributed by atoms with van der Waals surface area (Å²) in [4.78, 5) is 0. The normalized spacial score (nSPS) is 26.9. The van der Waals surface area contributed by atoms with Crippen LogP contribution >= 0.6 is 0 Å². The lowest BCUT2D eigenvalue weighted by Gasteiger charge is -2.32. The first-order valence-corrected chi connectivity index (χ1v) is 13.3. The number of rotatable bonds is 12. The van der Waals surface area contributed by atoms with E-state index >= 15 is 0 Å². The second-order valence-corrected chi connectivity index (χ2v) is 10.2. The lowest BCUT2D eigenvalue weighted by atomic mass is 9.74. The van der Waals surface area contributed by atoms with E-state index in [1.54, 1.807) is 6.08 Å². The van der Waals surface area contributed by atoms with Crippen molar-refractivity contribution in [3.8, 4) is 5.75 Å². The highest BCUT2D eigenvalue weighted by atomic mass is 19.1. The first-order chi connectivity index (χ1) is 15.3. The van der Waals surface area contributed by atoms with Crippen molar-refractivity contribution in [1.29, 1.82) is 0 Å². The summed E-state index contributed by atoms with van der Waals surface area (Å²) in [5.41, 5.74) is 1.51. The molecule has 2 aliphatic rings. The molecule has 0 amide bonds. The predicted molar refractivity (Wildman–Crippen MR) is 130 cm³/mol. The largest absolute Gasteiger partial charge is 0.494 e. The summed E-state index contributed by atoms with van der Waals surface area (Å²) < 4.78 is 18.0. The maximum Gasteiger partial charge on any atom is 0.119 e. The molecule has 1 nitrogen and oxygen atoms in total. The van der Waals surface area contributed by atoms with Gasteiger partial charge in [0, 0.05) is 0 Å². The molecule has 2 fully saturated rings. The molecular weight excluding hydrogens is 383 g/mol. The van der Waals surface area contributed by atoms with Crippen LogP contribution in [-0.4, -0.2) is 6.61 Å². The average molecular weight is 429 g/mol. The van der Waals surface area contributed by atoms with Crippen LogP contribution in [0.1, 0.15) is 115 Å². The Morgan fingerprint density at radius 2 is 1.39 bits per heavy atom. The molecule has 2 aliphatic carbocycles. The van der Waals surface area contributed by atoms with E-state index in [1.807, 2.05) is 0 Å². The summed E-state index contributed by atoms with van der Waals surface area (Å²) >= 11 is 0. The first-order valence-electron chi connectivity index (χ1n) is 13.3. The number of halogens is 1. The highest BCUT2D eigenvalue weighted by Gasteiger charge is 2.25. The van der Waals surface area contributed by atoms with Gasteiger partial charge in [0.1, 0.15) is 5.75 Å². The van der Waals surface area contributed by atoms with Gasteiger partial charge in [0.25, 0.3) is 0 Å². The molecule has 0 heterocycles. The van der Waals surface area contributed by atoms with E-state index < -0.39 is 0 Å². The zero-order chi connectivity index (χ0) is 21.7. The molecule has 31 heavy (non-hydrogen) atoms. The third-order valence-corrected chi connectivity index (χ3v) is 8.00. The standard InChI is InChI=1S/C29H45FO/c1-2-3-6-23-31-29-20-18-28(19-21-29)27-16-14-26(15-17-27)13-12-25-10-8-24(9-11-25)7-4-5-22-30/h5,18-22,24-27H,2-4,6-17,23H2,1H3/b22-5+/t24-,25-,26-,27-. The van der Waals surface area contributed by atoms with Gasteiger partial charge in [-0.15, -0.1) is 0 Å². The number of hydrogen-bond donors (Lipinski definition) is 0. The van der Waals surface area contributed by atoms with Gasteiger partial charge < -0.3 is 4.74 Å². The summed E-state index contributed by atoms with van der Waals surface area (Å²) in [5.74, 6) is 4.53. The van der Waals surface area contributed by atoms with Crippen LogP contribution in [0.4, 0.5) is 4.39 Å². The van der Waals surface area contributed by atoms with Crippen molar-refractivity contribution in [2.75, 3.05) is 6.61 Å². The highest BCUT2D eigenvalue weighted by Crippen LogP contribution is 2.40. The molecule has 0 radical (unpaired) electrons. The predicted octanol–water partition coefficient (Wildman–Crippen LogP) is 9.38. The van der Waals surface area contributed by atoms with Crippen molar-refractivity contribution in [3.63, 3.8) is 0 Å². The topological polar surface area (TPSA) is 9.23 Å². The van der Waals surface area contributed by atoms with E-state index in [0.717, 1.165) is 48.9 Å². The number of ether oxygens (including phenoxy) is 1. The van der Waals surface area contributed by atoms with Gasteiger partial charge in [0.2, 0.25) is 0 Å². The van der Waals surface area contributed by atoms with Gasteiger partial charge in [-0.3, -0.25) is 0 Å². The Bertz CT molecular complexity index is 606. The Hall–Kier alpha value is -1.31. The van der Waals surface area contributed by atoms with Crippen LogP contribution in [0.25, 0.3) is 0 Å². The highest BCUT2D eigenvalue weighted by molar-refractivity contribution is 5.29. The Morgan fingerprint density at radius 1 is 0.806 bits per heavy atom. The Kier molecular flexibility index (Phi) is 11.0. The van der Waals surface area contributed by atoms with Crippen LogP contribution in [0, 0.1) is 17.8 Å². The van der Waals surface area contributed by atoms with Crippen LogP contribution < -0.4 is 4.74 Å². The van der Waals surface area contributed by atoms with Crippen molar-refractivity contribution < 1.29 is 9.13 Å². The van der Waals surface area contributed by atoms with Crippen LogP contribution in [0.15, 0.2) is 36.7 Å². The third-order valence-electron chi connectivity index (χ3n) is 8.00. The quantitative estimate of drug-likeness (QED) is 0.301. The molecule has 0 aromatic heterocycles. The summed E-state index contributed by atoms with van der Waals surface area (Å²) in [6.07, 6.45) is 22.1. The first kappa shape index (κ1) is 24.3. The van der Waals surface area contributed by atoms with Gasteiger partial charge in [-0.2, -0.15) is 0 Å². The fourth-order valence-corrected chi connectivity index (χ4v) is 5.84. The van der Waals surface area contributed by atoms with E-state index in [4.69, 9.17) is 4.74 Å². The van der Waals surface area contributed by atoms with Gasteiger partial charge in [-0.1, -0.05) is 76.5 Å². The van der Waals surface area contributed by atoms with Crippen LogP contribution in [-0.2, 0) is 0 Å². The van der Waals surface area contributed by atoms with Crippen LogP contribution in [0.5, 0.6) is 5.75 Å². The SMILES string of the molecule is CCCCCOc1ccc([C@H]2CC[C@H](CC[C@H]3CC[C@H](CC/C=C/F)CC3)CC2)cc1. The molecule has 1 aromatic carbocycles. The zero-order valence-corrected chi connectivity index (χ0v) is 19.9. The second-order valence-electron chi connectivity index (χ2n) is 10.2. The number of benzene rings is 1. The molecule has 174 valence electrons. The van der Waals surface area contributed by atoms with Crippen molar-refractivity contribution in [2.24, 2.45) is 17.8 Å². The molecule has 0 saturated heterocycles. The molecule has 2 saturated carbocycles. The van der Waals surface area contributed by atoms with Crippen LogP contribution in [0.2, 0.25) is 0 Å². The summed E-state index contributed by atoms with van der Waals surface area (Å²) in [5, 5.41) is 0. The molecule has 3 rings (SSSR count). The molecule has 0 N–H and O–H groups in total. The Labute approximate surface area is 190 Å². The molecule has 1 aromatic rings. The van der Waals surface area contributed by atoms with Crippen LogP contribution in [0.3, 0.4) is 0 Å². The fourth-order valence-electron chi connectivity index (χ4n) is 5.84. The summed E-state index contributed by atoms with van der Waals surface area (Å²) in [6, 6.07) is 8.97. The zero-order valence-electron chi connectivity index (χ0n) is 19.9. The number of allylic oxidation sites excluding steroid dienone is 1. The maximum atomic E-state index is 12.1. The second kappa shape index (κ2) is 14.0. The Morgan fingerprint density at radius 3 is 1.97 bits per heavy atom. The van der Waals surface area contributed by atoms with Crippen molar-refractivity contribution in [1.82, 2.24) is 0 Å². The van der Waals surface area contributed by atoms with Crippen molar-refractivity contribution in [2.45, 2.75) is 109 Å². The molecule has 0 atom stereocenters. The number of unbranched alkanes of at least 4 members (excludes halogenated alkanes) is 2. The lowest BCUT2D eigenvalue weighted by molar-refractivity contribution is 0.225. The molecule has 2 heteroatoms. The maximum absolute atomic E-state index is 12.1. The van der Waals surface area contributed by atoms with E-state index in [0.29, 0.717) is 6.33 Å². The summed E-state index contributed by atoms with van der Waals surface area (Å²) in [7, 11) is 0. The van der Waals surface area contributed by atoms with Gasteiger partial charge >= 0.3 is 0 Å². The minimum absolute atomic E-state index is 0.708. The molecule has 0 bridgehead atoms. The molecule has 0 spiro atoms. The molecular formula is C29H45FO. The van der Waals surface area contributed by atoms with Gasteiger partial charge in [-0.25, -0.2) is 4.39 Å². The van der Waals surface area contributed by atoms with E-state index in [1.165, 1.54) is 89.0 Å². The van der Waals surface area contributed by atoms with E-state index in [2.05, 4.69) is 31.2 Å². The lowest BCUT2D eigenvalue weighted by Crippen LogP contribution is -2.17. The van der Waals surface area contributed by atoms with Crippen molar-refractivity contribution >= 4 is 0 Å². The molecule has 0 unspecified atom stereocenters. The van der Waals surface area contributed by atoms with E-state index in [9.17, 15) is 4.39 Å². The third kappa shape index (κ3) is 8.62. The minimum atomic E-state index is 0.708. The number of hydrogen-bond acceptors (Lipinski definition) is 1. The smallest absolute Gasteiger partial charge is 0.119 e. The summed E-state index contributed by atoms with van der Waals surface area (Å²) in [6.45, 7) is 3.07. The molecule has 0 aliphatic heterocycles. The van der Waals surface area contributed by atoms with Crippen molar-refractivity contribution in [3.05, 3.63) is 42.2 Å². The van der Waals surface area contributed by atoms with Gasteiger partial charge in [0.05, 0.1) is 12.9 Å². The average Bonchev–Trinajstić information content (AvgIpc) is 2.82. The fraction of sp³-hybridized carbons (Fsp3) is 0.724. The minimum Gasteiger partial charge on any atom is -0.494 e. The Balaban J connectivity index is 1.29. The van der Waals surface area contributed by atoms with Gasteiger partial charge in [-0.05, 0) is 86.3 Å². The van der Waals surface area contributed by atoms with Gasteiger partial charge in [0.15, 0.2) is 0 Å². The van der Waals surface area contributed by atoms with E-state index in [-0.39, 0.29) is 0 Å². The monoisotopic (exact) mass is 428 g/mol.